The molecule has 6 heteroatoms. The van der Waals surface area contributed by atoms with E-state index in [0.717, 1.165) is 0 Å². The van der Waals surface area contributed by atoms with E-state index in [2.05, 4.69) is 10.4 Å². The molecule has 82 valence electrons. The predicted octanol–water partition coefficient (Wildman–Crippen LogP) is 0.107. The molecule has 1 heterocycles. The van der Waals surface area contributed by atoms with Crippen LogP contribution in [0.5, 0.6) is 0 Å². The number of carboxylic acids is 1. The molecule has 0 saturated heterocycles. The molecule has 0 aliphatic heterocycles. The van der Waals surface area contributed by atoms with E-state index in [4.69, 9.17) is 5.11 Å². The lowest BCUT2D eigenvalue weighted by Crippen LogP contribution is -2.18. The van der Waals surface area contributed by atoms with Crippen molar-refractivity contribution < 1.29 is 14.7 Å². The molecule has 1 aromatic rings. The first-order valence-electron chi connectivity index (χ1n) is 4.61. The fraction of sp³-hybridized carbons (Fsp3) is 0.444. The number of nitrogens with one attached hydrogen (secondary N) is 1. The fourth-order valence-corrected chi connectivity index (χ4v) is 1.13. The summed E-state index contributed by atoms with van der Waals surface area (Å²) in [5.74, 6) is -1.07. The second-order valence-corrected chi connectivity index (χ2v) is 3.04. The summed E-state index contributed by atoms with van der Waals surface area (Å²) in [5.41, 5.74) is 0.341. The van der Waals surface area contributed by atoms with Gasteiger partial charge < -0.3 is 10.4 Å². The predicted molar refractivity (Wildman–Crippen MR) is 52.5 cm³/mol. The highest BCUT2D eigenvalue weighted by Gasteiger charge is 2.06. The summed E-state index contributed by atoms with van der Waals surface area (Å²) >= 11 is 0. The van der Waals surface area contributed by atoms with Crippen LogP contribution in [-0.4, -0.2) is 33.8 Å². The van der Waals surface area contributed by atoms with Gasteiger partial charge >= 0.3 is 5.97 Å². The Hall–Kier alpha value is -1.85. The van der Waals surface area contributed by atoms with Gasteiger partial charge in [0.1, 0.15) is 5.69 Å². The van der Waals surface area contributed by atoms with Crippen LogP contribution in [0.25, 0.3) is 0 Å². The Kier molecular flexibility index (Phi) is 3.84. The van der Waals surface area contributed by atoms with Gasteiger partial charge in [-0.1, -0.05) is 0 Å². The molecule has 1 aromatic heterocycles. The zero-order valence-electron chi connectivity index (χ0n) is 8.43. The van der Waals surface area contributed by atoms with Gasteiger partial charge in [0.25, 0.3) is 5.91 Å². The summed E-state index contributed by atoms with van der Waals surface area (Å²) in [7, 11) is 1.53. The zero-order chi connectivity index (χ0) is 11.3. The van der Waals surface area contributed by atoms with Crippen LogP contribution in [0.4, 0.5) is 0 Å². The summed E-state index contributed by atoms with van der Waals surface area (Å²) in [5, 5.41) is 14.9. The highest BCUT2D eigenvalue weighted by atomic mass is 16.4. The second kappa shape index (κ2) is 5.14. The van der Waals surface area contributed by atoms with E-state index in [1.165, 1.54) is 7.05 Å². The van der Waals surface area contributed by atoms with Crippen molar-refractivity contribution in [2.45, 2.75) is 19.4 Å². The van der Waals surface area contributed by atoms with Gasteiger partial charge in [0.15, 0.2) is 0 Å². The molecule has 0 fully saturated rings. The molecule has 6 nitrogen and oxygen atoms in total. The van der Waals surface area contributed by atoms with Gasteiger partial charge in [0.05, 0.1) is 0 Å². The maximum Gasteiger partial charge on any atom is 0.303 e. The third-order valence-corrected chi connectivity index (χ3v) is 1.88. The molecular formula is C9H13N3O3. The van der Waals surface area contributed by atoms with Gasteiger partial charge in [-0.05, 0) is 12.5 Å². The molecule has 0 aromatic carbocycles. The minimum absolute atomic E-state index is 0.106. The number of aryl methyl sites for hydroxylation is 1. The van der Waals surface area contributed by atoms with E-state index >= 15 is 0 Å². The normalized spacial score (nSPS) is 9.93. The lowest BCUT2D eigenvalue weighted by atomic mass is 10.3. The van der Waals surface area contributed by atoms with Crippen LogP contribution in [0.1, 0.15) is 23.3 Å². The Labute approximate surface area is 86.9 Å². The molecule has 2 N–H and O–H groups in total. The fourth-order valence-electron chi connectivity index (χ4n) is 1.13. The second-order valence-electron chi connectivity index (χ2n) is 3.04. The molecular weight excluding hydrogens is 198 g/mol. The van der Waals surface area contributed by atoms with Gasteiger partial charge in [0.2, 0.25) is 0 Å². The van der Waals surface area contributed by atoms with Gasteiger partial charge in [-0.15, -0.1) is 0 Å². The van der Waals surface area contributed by atoms with Crippen molar-refractivity contribution in [3.8, 4) is 0 Å². The maximum absolute atomic E-state index is 11.1. The first-order chi connectivity index (χ1) is 7.13. The van der Waals surface area contributed by atoms with E-state index in [9.17, 15) is 9.59 Å². The Morgan fingerprint density at radius 2 is 2.33 bits per heavy atom. The Morgan fingerprint density at radius 1 is 1.60 bits per heavy atom. The molecule has 0 unspecified atom stereocenters. The number of rotatable bonds is 5. The molecule has 0 aliphatic rings. The van der Waals surface area contributed by atoms with E-state index in [1.807, 2.05) is 0 Å². The molecule has 0 aliphatic carbocycles. The number of carboxylic acid groups (broad SMARTS) is 1. The Balaban J connectivity index is 2.46. The van der Waals surface area contributed by atoms with Gasteiger partial charge in [-0.2, -0.15) is 5.10 Å². The van der Waals surface area contributed by atoms with Crippen LogP contribution in [0, 0.1) is 0 Å². The summed E-state index contributed by atoms with van der Waals surface area (Å²) in [6.07, 6.45) is 2.27. The largest absolute Gasteiger partial charge is 0.481 e. The van der Waals surface area contributed by atoms with Crippen molar-refractivity contribution in [2.24, 2.45) is 0 Å². The average Bonchev–Trinajstić information content (AvgIpc) is 2.65. The minimum Gasteiger partial charge on any atom is -0.481 e. The van der Waals surface area contributed by atoms with Crippen LogP contribution in [0.2, 0.25) is 0 Å². The standard InChI is InChI=1S/C9H13N3O3/c1-10-9(15)7-4-6-12(11-7)5-2-3-8(13)14/h4,6H,2-3,5H2,1H3,(H,10,15)(H,13,14). The first-order valence-corrected chi connectivity index (χ1v) is 4.61. The highest BCUT2D eigenvalue weighted by Crippen LogP contribution is 1.98. The number of hydrogen-bond acceptors (Lipinski definition) is 3. The van der Waals surface area contributed by atoms with Crippen LogP contribution < -0.4 is 5.32 Å². The van der Waals surface area contributed by atoms with E-state index in [-0.39, 0.29) is 12.3 Å². The van der Waals surface area contributed by atoms with Crippen molar-refractivity contribution in [3.05, 3.63) is 18.0 Å². The topological polar surface area (TPSA) is 84.2 Å². The summed E-state index contributed by atoms with van der Waals surface area (Å²) in [4.78, 5) is 21.4. The first kappa shape index (κ1) is 11.2. The number of carbonyl (C=O) groups is 2. The molecule has 0 saturated carbocycles. The summed E-state index contributed by atoms with van der Waals surface area (Å²) < 4.78 is 1.56. The lowest BCUT2D eigenvalue weighted by Gasteiger charge is -1.98. The van der Waals surface area contributed by atoms with Crippen molar-refractivity contribution in [1.29, 1.82) is 0 Å². The number of carbonyl (C=O) groups excluding carboxylic acids is 1. The molecule has 0 atom stereocenters. The molecule has 15 heavy (non-hydrogen) atoms. The van der Waals surface area contributed by atoms with E-state index in [1.54, 1.807) is 16.9 Å². The molecule has 0 radical (unpaired) electrons. The molecule has 1 rings (SSSR count). The van der Waals surface area contributed by atoms with E-state index < -0.39 is 5.97 Å². The zero-order valence-corrected chi connectivity index (χ0v) is 8.43. The highest BCUT2D eigenvalue weighted by molar-refractivity contribution is 5.91. The average molecular weight is 211 g/mol. The smallest absolute Gasteiger partial charge is 0.303 e. The minimum atomic E-state index is -0.825. The molecule has 0 spiro atoms. The monoisotopic (exact) mass is 211 g/mol. The Bertz CT molecular complexity index is 359. The van der Waals surface area contributed by atoms with Crippen molar-refractivity contribution in [1.82, 2.24) is 15.1 Å². The van der Waals surface area contributed by atoms with Crippen LogP contribution >= 0.6 is 0 Å². The van der Waals surface area contributed by atoms with Gasteiger partial charge in [-0.25, -0.2) is 0 Å². The van der Waals surface area contributed by atoms with Crippen molar-refractivity contribution in [3.63, 3.8) is 0 Å². The van der Waals surface area contributed by atoms with Crippen LogP contribution in [-0.2, 0) is 11.3 Å². The summed E-state index contributed by atoms with van der Waals surface area (Å²) in [6, 6.07) is 1.60. The number of aromatic nitrogens is 2. The SMILES string of the molecule is CNC(=O)c1ccn(CCCC(=O)O)n1. The lowest BCUT2D eigenvalue weighted by molar-refractivity contribution is -0.137. The van der Waals surface area contributed by atoms with Gasteiger partial charge in [0, 0.05) is 26.2 Å². The van der Waals surface area contributed by atoms with Gasteiger partial charge in [-0.3, -0.25) is 14.3 Å². The number of aliphatic carboxylic acids is 1. The number of amides is 1. The quantitative estimate of drug-likeness (QED) is 0.723. The van der Waals surface area contributed by atoms with Crippen LogP contribution in [0.3, 0.4) is 0 Å². The van der Waals surface area contributed by atoms with Crippen molar-refractivity contribution in [2.75, 3.05) is 7.05 Å². The van der Waals surface area contributed by atoms with E-state index in [0.29, 0.717) is 18.7 Å². The molecule has 0 bridgehead atoms. The third kappa shape index (κ3) is 3.41. The third-order valence-electron chi connectivity index (χ3n) is 1.88. The molecule has 1 amide bonds. The number of hydrogen-bond donors (Lipinski definition) is 2. The maximum atomic E-state index is 11.1. The number of nitrogens with zero attached hydrogens (tertiary/aromatic N) is 2. The summed E-state index contributed by atoms with van der Waals surface area (Å²) in [6.45, 7) is 0.503. The van der Waals surface area contributed by atoms with Crippen molar-refractivity contribution >= 4 is 11.9 Å². The van der Waals surface area contributed by atoms with Crippen LogP contribution in [0.15, 0.2) is 12.3 Å². The Morgan fingerprint density at radius 3 is 2.93 bits per heavy atom.